The second-order valence-electron chi connectivity index (χ2n) is 7.30. The van der Waals surface area contributed by atoms with Crippen molar-refractivity contribution in [1.29, 1.82) is 0 Å². The number of hydrogen-bond donors (Lipinski definition) is 2. The van der Waals surface area contributed by atoms with Crippen molar-refractivity contribution in [3.05, 3.63) is 96.7 Å². The number of nitrogens with zero attached hydrogens (tertiary/aromatic N) is 4. The molecule has 3 aromatic heterocycles. The van der Waals surface area contributed by atoms with E-state index in [0.717, 1.165) is 39.1 Å². The van der Waals surface area contributed by atoms with Crippen molar-refractivity contribution in [3.8, 4) is 11.3 Å². The Hall–Kier alpha value is -4.26. The standard InChI is InChI=1S/C24H20N6O/c31-22(12-17-5-2-1-3-6-17)29-20-8-4-7-18(11-20)14-30-15-19(13-28-30)23-21-9-10-25-24(21)27-16-26-23/h1-11,13,15-16H,12,14H2,(H,29,31)(H,25,26,27). The van der Waals surface area contributed by atoms with Crippen LogP contribution in [0.5, 0.6) is 0 Å². The Morgan fingerprint density at radius 3 is 2.77 bits per heavy atom. The van der Waals surface area contributed by atoms with Gasteiger partial charge in [0, 0.05) is 29.0 Å². The highest BCUT2D eigenvalue weighted by Crippen LogP contribution is 2.24. The molecule has 5 aromatic rings. The molecule has 0 fully saturated rings. The number of aromatic nitrogens is 5. The van der Waals surface area contributed by atoms with E-state index < -0.39 is 0 Å². The summed E-state index contributed by atoms with van der Waals surface area (Å²) in [5, 5.41) is 8.42. The zero-order chi connectivity index (χ0) is 21.0. The van der Waals surface area contributed by atoms with Gasteiger partial charge in [0.2, 0.25) is 5.91 Å². The van der Waals surface area contributed by atoms with Crippen LogP contribution in [0.15, 0.2) is 85.6 Å². The van der Waals surface area contributed by atoms with Crippen LogP contribution in [0.1, 0.15) is 11.1 Å². The Balaban J connectivity index is 1.29. The highest BCUT2D eigenvalue weighted by atomic mass is 16.1. The molecular formula is C24H20N6O. The minimum Gasteiger partial charge on any atom is -0.346 e. The molecule has 0 spiro atoms. The van der Waals surface area contributed by atoms with Gasteiger partial charge < -0.3 is 10.3 Å². The van der Waals surface area contributed by atoms with Gasteiger partial charge in [0.25, 0.3) is 0 Å². The fraction of sp³-hybridized carbons (Fsp3) is 0.0833. The van der Waals surface area contributed by atoms with Gasteiger partial charge in [-0.1, -0.05) is 42.5 Å². The predicted molar refractivity (Wildman–Crippen MR) is 119 cm³/mol. The molecule has 0 unspecified atom stereocenters. The van der Waals surface area contributed by atoms with E-state index in [1.807, 2.05) is 77.7 Å². The first-order chi connectivity index (χ1) is 15.2. The van der Waals surface area contributed by atoms with Gasteiger partial charge in [0.1, 0.15) is 12.0 Å². The fourth-order valence-electron chi connectivity index (χ4n) is 3.60. The summed E-state index contributed by atoms with van der Waals surface area (Å²) < 4.78 is 1.86. The minimum absolute atomic E-state index is 0.0380. The van der Waals surface area contributed by atoms with Crippen molar-refractivity contribution in [2.75, 3.05) is 5.32 Å². The molecule has 1 amide bonds. The van der Waals surface area contributed by atoms with Gasteiger partial charge in [-0.25, -0.2) is 9.97 Å². The van der Waals surface area contributed by atoms with Gasteiger partial charge >= 0.3 is 0 Å². The van der Waals surface area contributed by atoms with Crippen LogP contribution in [0.4, 0.5) is 5.69 Å². The Bertz CT molecular complexity index is 1340. The molecule has 7 heteroatoms. The van der Waals surface area contributed by atoms with Gasteiger partial charge in [-0.15, -0.1) is 0 Å². The summed E-state index contributed by atoms with van der Waals surface area (Å²) in [7, 11) is 0. The van der Waals surface area contributed by atoms with Gasteiger partial charge in [0.15, 0.2) is 0 Å². The molecule has 152 valence electrons. The molecule has 5 rings (SSSR count). The molecule has 0 aliphatic rings. The minimum atomic E-state index is -0.0380. The molecule has 2 aromatic carbocycles. The lowest BCUT2D eigenvalue weighted by Gasteiger charge is -2.08. The molecule has 0 aliphatic heterocycles. The molecule has 0 saturated carbocycles. The highest BCUT2D eigenvalue weighted by molar-refractivity contribution is 5.92. The van der Waals surface area contributed by atoms with E-state index in [9.17, 15) is 4.79 Å². The third kappa shape index (κ3) is 4.20. The predicted octanol–water partition coefficient (Wildman–Crippen LogP) is 4.05. The van der Waals surface area contributed by atoms with Crippen molar-refractivity contribution < 1.29 is 4.79 Å². The number of nitrogens with one attached hydrogen (secondary N) is 2. The average molecular weight is 408 g/mol. The maximum absolute atomic E-state index is 12.4. The lowest BCUT2D eigenvalue weighted by atomic mass is 10.1. The van der Waals surface area contributed by atoms with E-state index in [0.29, 0.717) is 13.0 Å². The van der Waals surface area contributed by atoms with Crippen LogP contribution in [-0.2, 0) is 17.8 Å². The smallest absolute Gasteiger partial charge is 0.228 e. The Morgan fingerprint density at radius 2 is 1.87 bits per heavy atom. The van der Waals surface area contributed by atoms with Gasteiger partial charge in [-0.2, -0.15) is 5.10 Å². The van der Waals surface area contributed by atoms with Crippen molar-refractivity contribution in [3.63, 3.8) is 0 Å². The van der Waals surface area contributed by atoms with E-state index in [2.05, 4.69) is 25.4 Å². The topological polar surface area (TPSA) is 88.5 Å². The van der Waals surface area contributed by atoms with E-state index >= 15 is 0 Å². The first-order valence-corrected chi connectivity index (χ1v) is 9.98. The SMILES string of the molecule is O=C(Cc1ccccc1)Nc1cccc(Cn2cc(-c3ncnc4[nH]ccc34)cn2)c1. The maximum Gasteiger partial charge on any atom is 0.228 e. The molecule has 2 N–H and O–H groups in total. The molecule has 0 aliphatic carbocycles. The highest BCUT2D eigenvalue weighted by Gasteiger charge is 2.10. The average Bonchev–Trinajstić information content (AvgIpc) is 3.44. The number of hydrogen-bond acceptors (Lipinski definition) is 4. The summed E-state index contributed by atoms with van der Waals surface area (Å²) in [6.07, 6.45) is 7.52. The molecule has 0 atom stereocenters. The number of anilines is 1. The third-order valence-corrected chi connectivity index (χ3v) is 5.02. The number of H-pyrrole nitrogens is 1. The maximum atomic E-state index is 12.4. The van der Waals surface area contributed by atoms with Gasteiger partial charge in [-0.05, 0) is 29.3 Å². The Labute approximate surface area is 178 Å². The number of benzene rings is 2. The van der Waals surface area contributed by atoms with Crippen molar-refractivity contribution >= 4 is 22.6 Å². The summed E-state index contributed by atoms with van der Waals surface area (Å²) in [4.78, 5) is 24.1. The van der Waals surface area contributed by atoms with Gasteiger partial charge in [-0.3, -0.25) is 9.48 Å². The monoisotopic (exact) mass is 408 g/mol. The van der Waals surface area contributed by atoms with E-state index in [-0.39, 0.29) is 5.91 Å². The lowest BCUT2D eigenvalue weighted by molar-refractivity contribution is -0.115. The number of fused-ring (bicyclic) bond motifs is 1. The molecule has 3 heterocycles. The Morgan fingerprint density at radius 1 is 1.00 bits per heavy atom. The van der Waals surface area contributed by atoms with Crippen molar-refractivity contribution in [2.24, 2.45) is 0 Å². The summed E-state index contributed by atoms with van der Waals surface area (Å²) in [5.41, 5.74) is 5.38. The third-order valence-electron chi connectivity index (χ3n) is 5.02. The number of carbonyl (C=O) groups excluding carboxylic acids is 1. The number of carbonyl (C=O) groups is 1. The van der Waals surface area contributed by atoms with Crippen molar-refractivity contribution in [2.45, 2.75) is 13.0 Å². The van der Waals surface area contributed by atoms with Crippen LogP contribution in [0.25, 0.3) is 22.3 Å². The quantitative estimate of drug-likeness (QED) is 0.444. The molecule has 0 bridgehead atoms. The molecule has 31 heavy (non-hydrogen) atoms. The van der Waals surface area contributed by atoms with E-state index in [1.165, 1.54) is 0 Å². The molecule has 0 saturated heterocycles. The van der Waals surface area contributed by atoms with E-state index in [4.69, 9.17) is 0 Å². The zero-order valence-electron chi connectivity index (χ0n) is 16.7. The van der Waals surface area contributed by atoms with Gasteiger partial charge in [0.05, 0.1) is 24.9 Å². The second kappa shape index (κ2) is 8.23. The number of rotatable bonds is 6. The fourth-order valence-corrected chi connectivity index (χ4v) is 3.60. The number of aromatic amines is 1. The van der Waals surface area contributed by atoms with Crippen LogP contribution < -0.4 is 5.32 Å². The summed E-state index contributed by atoms with van der Waals surface area (Å²) in [6, 6.07) is 19.5. The first-order valence-electron chi connectivity index (χ1n) is 9.98. The van der Waals surface area contributed by atoms with Crippen LogP contribution in [0.3, 0.4) is 0 Å². The molecular weight excluding hydrogens is 388 g/mol. The second-order valence-corrected chi connectivity index (χ2v) is 7.30. The molecule has 0 radical (unpaired) electrons. The summed E-state index contributed by atoms with van der Waals surface area (Å²) >= 11 is 0. The zero-order valence-corrected chi connectivity index (χ0v) is 16.7. The summed E-state index contributed by atoms with van der Waals surface area (Å²) in [6.45, 7) is 0.587. The molecule has 7 nitrogen and oxygen atoms in total. The summed E-state index contributed by atoms with van der Waals surface area (Å²) in [5.74, 6) is -0.0380. The normalized spacial score (nSPS) is 11.0. The Kier molecular flexibility index (Phi) is 4.98. The van der Waals surface area contributed by atoms with E-state index in [1.54, 1.807) is 12.5 Å². The first kappa shape index (κ1) is 18.7. The van der Waals surface area contributed by atoms with Crippen LogP contribution in [0.2, 0.25) is 0 Å². The van der Waals surface area contributed by atoms with Crippen molar-refractivity contribution in [1.82, 2.24) is 24.7 Å². The lowest BCUT2D eigenvalue weighted by Crippen LogP contribution is -2.14. The van der Waals surface area contributed by atoms with Crippen LogP contribution >= 0.6 is 0 Å². The number of amides is 1. The van der Waals surface area contributed by atoms with Crippen LogP contribution in [0, 0.1) is 0 Å². The van der Waals surface area contributed by atoms with Crippen LogP contribution in [-0.4, -0.2) is 30.6 Å². The largest absolute Gasteiger partial charge is 0.346 e.